The Hall–Kier alpha value is -2.87. The average molecular weight is 494 g/mol. The number of rotatable bonds is 6. The highest BCUT2D eigenvalue weighted by molar-refractivity contribution is 5.92. The van der Waals surface area contributed by atoms with E-state index >= 15 is 0 Å². The fourth-order valence-electron chi connectivity index (χ4n) is 5.33. The molecule has 1 aromatic heterocycles. The van der Waals surface area contributed by atoms with E-state index in [0.717, 1.165) is 61.5 Å². The highest BCUT2D eigenvalue weighted by Gasteiger charge is 2.30. The Morgan fingerprint density at radius 2 is 1.64 bits per heavy atom. The van der Waals surface area contributed by atoms with Crippen LogP contribution in [-0.4, -0.2) is 42.2 Å². The number of urea groups is 1. The topological polar surface area (TPSA) is 113 Å². The number of carbonyl (C=O) groups is 1. The lowest BCUT2D eigenvalue weighted by molar-refractivity contribution is 0.248. The predicted octanol–water partition coefficient (Wildman–Crippen LogP) is 4.75. The lowest BCUT2D eigenvalue weighted by Crippen LogP contribution is -2.47. The van der Waals surface area contributed by atoms with Gasteiger partial charge >= 0.3 is 6.03 Å². The minimum absolute atomic E-state index is 0.0695. The van der Waals surface area contributed by atoms with Crippen LogP contribution in [-0.2, 0) is 19.4 Å². The molecule has 0 atom stereocenters. The number of carbonyl (C=O) groups excluding carboxylic acids is 1. The van der Waals surface area contributed by atoms with E-state index in [4.69, 9.17) is 21.4 Å². The summed E-state index contributed by atoms with van der Waals surface area (Å²) in [6, 6.07) is 7.67. The average Bonchev–Trinajstić information content (AvgIpc) is 2.84. The van der Waals surface area contributed by atoms with Crippen LogP contribution in [0.1, 0.15) is 81.0 Å². The van der Waals surface area contributed by atoms with Gasteiger partial charge in [0.15, 0.2) is 0 Å². The fraction of sp³-hybridized carbons (Fsp3) is 0.607. The van der Waals surface area contributed by atoms with Crippen molar-refractivity contribution in [1.82, 2.24) is 9.97 Å². The number of amides is 2. The normalized spacial score (nSPS) is 20.8. The Kier molecular flexibility index (Phi) is 9.02. The lowest BCUT2D eigenvalue weighted by atomic mass is 9.89. The van der Waals surface area contributed by atoms with Crippen LogP contribution in [0.15, 0.2) is 24.3 Å². The number of aromatic nitrogens is 2. The van der Waals surface area contributed by atoms with E-state index in [1.54, 1.807) is 4.90 Å². The number of nitrogens with one attached hydrogen (secondary N) is 1. The number of anilines is 3. The van der Waals surface area contributed by atoms with Gasteiger partial charge in [0.1, 0.15) is 5.82 Å². The van der Waals surface area contributed by atoms with Crippen molar-refractivity contribution in [3.05, 3.63) is 41.1 Å². The summed E-state index contributed by atoms with van der Waals surface area (Å²) in [4.78, 5) is 25.9. The molecule has 1 aromatic carbocycles. The molecule has 36 heavy (non-hydrogen) atoms. The minimum atomic E-state index is -0.420. The maximum absolute atomic E-state index is 12.3. The quantitative estimate of drug-likeness (QED) is 0.535. The highest BCUT2D eigenvalue weighted by atomic mass is 16.2. The zero-order valence-electron chi connectivity index (χ0n) is 22.0. The summed E-state index contributed by atoms with van der Waals surface area (Å²) in [5.41, 5.74) is 15.9. The molecular weight excluding hydrogens is 450 g/mol. The van der Waals surface area contributed by atoms with E-state index in [0.29, 0.717) is 6.54 Å². The highest BCUT2D eigenvalue weighted by Crippen LogP contribution is 2.32. The Labute approximate surface area is 215 Å². The molecule has 2 fully saturated rings. The first-order valence-electron chi connectivity index (χ1n) is 13.7. The Morgan fingerprint density at radius 3 is 2.25 bits per heavy atom. The van der Waals surface area contributed by atoms with Gasteiger partial charge in [-0.15, -0.1) is 0 Å². The third-order valence-electron chi connectivity index (χ3n) is 7.69. The van der Waals surface area contributed by atoms with Gasteiger partial charge in [0.25, 0.3) is 0 Å². The molecule has 8 nitrogen and oxygen atoms in total. The van der Waals surface area contributed by atoms with Crippen LogP contribution in [0.25, 0.3) is 0 Å². The third-order valence-corrected chi connectivity index (χ3v) is 7.69. The van der Waals surface area contributed by atoms with Crippen molar-refractivity contribution in [2.45, 2.75) is 95.7 Å². The predicted molar refractivity (Wildman–Crippen MR) is 148 cm³/mol. The fourth-order valence-corrected chi connectivity index (χ4v) is 5.33. The smallest absolute Gasteiger partial charge is 0.319 e. The maximum Gasteiger partial charge on any atom is 0.319 e. The Balaban J connectivity index is 0.000000692. The molecule has 1 heterocycles. The van der Waals surface area contributed by atoms with Crippen LogP contribution in [0.2, 0.25) is 0 Å². The van der Waals surface area contributed by atoms with E-state index in [-0.39, 0.29) is 12.1 Å². The van der Waals surface area contributed by atoms with Gasteiger partial charge in [-0.05, 0) is 63.0 Å². The first-order valence-corrected chi connectivity index (χ1v) is 13.7. The van der Waals surface area contributed by atoms with Gasteiger partial charge in [-0.3, -0.25) is 4.90 Å². The molecule has 0 spiro atoms. The molecule has 2 amide bonds. The first kappa shape index (κ1) is 26.2. The van der Waals surface area contributed by atoms with E-state index < -0.39 is 6.03 Å². The van der Waals surface area contributed by atoms with Gasteiger partial charge in [0, 0.05) is 38.3 Å². The zero-order valence-corrected chi connectivity index (χ0v) is 22.0. The van der Waals surface area contributed by atoms with E-state index in [1.807, 2.05) is 38.4 Å². The van der Waals surface area contributed by atoms with Crippen LogP contribution < -0.4 is 26.6 Å². The van der Waals surface area contributed by atoms with Gasteiger partial charge < -0.3 is 21.7 Å². The van der Waals surface area contributed by atoms with Gasteiger partial charge in [0.2, 0.25) is 5.95 Å². The largest absolute Gasteiger partial charge is 0.362 e. The lowest BCUT2D eigenvalue weighted by Gasteiger charge is -2.37. The summed E-state index contributed by atoms with van der Waals surface area (Å²) in [5.74, 6) is 1.75. The second-order valence-corrected chi connectivity index (χ2v) is 10.5. The molecule has 0 radical (unpaired) electrons. The molecule has 0 saturated heterocycles. The number of nitrogens with zero attached hydrogens (tertiary/aromatic N) is 4. The molecule has 0 unspecified atom stereocenters. The van der Waals surface area contributed by atoms with E-state index in [1.165, 1.54) is 49.8 Å². The summed E-state index contributed by atoms with van der Waals surface area (Å²) in [5, 5.41) is 3.57. The van der Waals surface area contributed by atoms with E-state index in [2.05, 4.69) is 10.2 Å². The standard InChI is InChI=1S/C24H35N7O.C4H8/c1-30(2)22-19-8-4-5-9-20(19)28-24(29-22)27-17-11-13-18(14-12-17)31(23(26)32)21-10-6-3-7-16(21)15-25;1-2-4-3-1/h3,6-7,10,17-18H,4-5,8-9,11-15,25H2,1-2H3,(H2,26,32)(H,27,28,29);1-4H2. The molecule has 2 aromatic rings. The first-order chi connectivity index (χ1) is 17.5. The van der Waals surface area contributed by atoms with Crippen LogP contribution >= 0.6 is 0 Å². The van der Waals surface area contributed by atoms with Gasteiger partial charge in [-0.25, -0.2) is 9.78 Å². The van der Waals surface area contributed by atoms with E-state index in [9.17, 15) is 4.79 Å². The Bertz CT molecular complexity index is 1010. The molecule has 5 rings (SSSR count). The molecule has 196 valence electrons. The monoisotopic (exact) mass is 493 g/mol. The second kappa shape index (κ2) is 12.4. The molecule has 3 aliphatic carbocycles. The number of aryl methyl sites for hydroxylation is 1. The summed E-state index contributed by atoms with van der Waals surface area (Å²) in [7, 11) is 4.09. The summed E-state index contributed by atoms with van der Waals surface area (Å²) in [6.45, 7) is 0.376. The molecule has 0 bridgehead atoms. The molecule has 5 N–H and O–H groups in total. The zero-order chi connectivity index (χ0) is 25.5. The summed E-state index contributed by atoms with van der Waals surface area (Å²) < 4.78 is 0. The number of hydrogen-bond donors (Lipinski definition) is 3. The molecule has 2 saturated carbocycles. The van der Waals surface area contributed by atoms with Gasteiger partial charge in [-0.1, -0.05) is 43.9 Å². The molecule has 8 heteroatoms. The maximum atomic E-state index is 12.3. The van der Waals surface area contributed by atoms with Crippen LogP contribution in [0.4, 0.5) is 22.2 Å². The molecule has 0 aliphatic heterocycles. The number of benzene rings is 1. The van der Waals surface area contributed by atoms with Crippen LogP contribution in [0.3, 0.4) is 0 Å². The van der Waals surface area contributed by atoms with Crippen molar-refractivity contribution < 1.29 is 4.79 Å². The molecular formula is C28H43N7O. The number of hydrogen-bond acceptors (Lipinski definition) is 6. The van der Waals surface area contributed by atoms with Crippen LogP contribution in [0.5, 0.6) is 0 Å². The van der Waals surface area contributed by atoms with Crippen molar-refractivity contribution in [1.29, 1.82) is 0 Å². The third kappa shape index (κ3) is 6.27. The number of primary amides is 1. The van der Waals surface area contributed by atoms with Crippen LogP contribution in [0, 0.1) is 0 Å². The van der Waals surface area contributed by atoms with Crippen molar-refractivity contribution in [3.8, 4) is 0 Å². The number of para-hydroxylation sites is 1. The summed E-state index contributed by atoms with van der Waals surface area (Å²) in [6.07, 6.45) is 14.1. The molecule has 3 aliphatic rings. The van der Waals surface area contributed by atoms with Gasteiger partial charge in [-0.2, -0.15) is 4.98 Å². The van der Waals surface area contributed by atoms with Crippen molar-refractivity contribution in [2.24, 2.45) is 11.5 Å². The Morgan fingerprint density at radius 1 is 0.972 bits per heavy atom. The van der Waals surface area contributed by atoms with Gasteiger partial charge in [0.05, 0.1) is 11.4 Å². The minimum Gasteiger partial charge on any atom is -0.362 e. The number of fused-ring (bicyclic) bond motifs is 1. The SMILES string of the molecule is C1CCC1.CN(C)c1nc(NC2CCC(N(C(N)=O)c3ccccc3CN)CC2)nc2c1CCCC2. The van der Waals surface area contributed by atoms with Crippen molar-refractivity contribution in [2.75, 3.05) is 29.2 Å². The van der Waals surface area contributed by atoms with Crippen molar-refractivity contribution in [3.63, 3.8) is 0 Å². The van der Waals surface area contributed by atoms with Crippen molar-refractivity contribution >= 4 is 23.5 Å². The number of nitrogens with two attached hydrogens (primary N) is 2. The second-order valence-electron chi connectivity index (χ2n) is 10.5. The summed E-state index contributed by atoms with van der Waals surface area (Å²) >= 11 is 0.